The standard InChI is InChI=1S/C19H16Br2ClN5O3/c1-11-9-25(5-6-26(11)18(28)15-8-14(20)16(21)30-15)19(29)17-23-10-27(24-17)13-4-2-3-12(22)7-13/h2-4,7-8,10-11H,5-6,9H2,1H3/t11-/m1/s1. The van der Waals surface area contributed by atoms with Gasteiger partial charge in [-0.1, -0.05) is 17.7 Å². The van der Waals surface area contributed by atoms with Crippen molar-refractivity contribution in [2.45, 2.75) is 13.0 Å². The van der Waals surface area contributed by atoms with Crippen LogP contribution in [0.1, 0.15) is 28.1 Å². The predicted octanol–water partition coefficient (Wildman–Crippen LogP) is 4.03. The maximum atomic E-state index is 12.9. The summed E-state index contributed by atoms with van der Waals surface area (Å²) in [6.07, 6.45) is 1.48. The van der Waals surface area contributed by atoms with E-state index in [1.54, 1.807) is 34.1 Å². The largest absolute Gasteiger partial charge is 0.443 e. The van der Waals surface area contributed by atoms with Crippen molar-refractivity contribution >= 4 is 55.3 Å². The summed E-state index contributed by atoms with van der Waals surface area (Å²) in [6.45, 7) is 3.03. The van der Waals surface area contributed by atoms with Crippen LogP contribution >= 0.6 is 43.5 Å². The molecule has 3 heterocycles. The van der Waals surface area contributed by atoms with Gasteiger partial charge in [0.15, 0.2) is 10.4 Å². The highest BCUT2D eigenvalue weighted by Crippen LogP contribution is 2.28. The summed E-state index contributed by atoms with van der Waals surface area (Å²) in [6, 6.07) is 8.57. The molecule has 4 rings (SSSR count). The Kier molecular flexibility index (Phi) is 5.99. The van der Waals surface area contributed by atoms with E-state index in [2.05, 4.69) is 41.9 Å². The molecule has 0 N–H and O–H groups in total. The van der Waals surface area contributed by atoms with E-state index in [4.69, 9.17) is 16.0 Å². The fourth-order valence-corrected chi connectivity index (χ4v) is 4.05. The van der Waals surface area contributed by atoms with Gasteiger partial charge in [0.1, 0.15) is 6.33 Å². The summed E-state index contributed by atoms with van der Waals surface area (Å²) >= 11 is 12.6. The number of carbonyl (C=O) groups excluding carboxylic acids is 2. The number of amides is 2. The highest BCUT2D eigenvalue weighted by Gasteiger charge is 2.33. The van der Waals surface area contributed by atoms with Crippen molar-refractivity contribution in [1.29, 1.82) is 0 Å². The lowest BCUT2D eigenvalue weighted by molar-refractivity contribution is 0.0389. The van der Waals surface area contributed by atoms with Gasteiger partial charge >= 0.3 is 0 Å². The Balaban J connectivity index is 1.44. The Morgan fingerprint density at radius 3 is 2.67 bits per heavy atom. The van der Waals surface area contributed by atoms with Crippen LogP contribution in [0, 0.1) is 0 Å². The second-order valence-electron chi connectivity index (χ2n) is 6.82. The molecule has 1 atom stereocenters. The maximum absolute atomic E-state index is 12.9. The number of aromatic nitrogens is 3. The minimum atomic E-state index is -0.279. The molecule has 8 nitrogen and oxygen atoms in total. The first-order chi connectivity index (χ1) is 14.3. The fourth-order valence-electron chi connectivity index (χ4n) is 3.28. The van der Waals surface area contributed by atoms with Gasteiger partial charge in [-0.2, -0.15) is 0 Å². The second kappa shape index (κ2) is 8.52. The van der Waals surface area contributed by atoms with Gasteiger partial charge < -0.3 is 14.2 Å². The highest BCUT2D eigenvalue weighted by molar-refractivity contribution is 9.13. The molecule has 156 valence electrons. The van der Waals surface area contributed by atoms with Crippen LogP contribution in [0.3, 0.4) is 0 Å². The number of carbonyl (C=O) groups is 2. The van der Waals surface area contributed by atoms with Crippen LogP contribution in [-0.4, -0.2) is 62.1 Å². The molecule has 1 aliphatic rings. The minimum Gasteiger partial charge on any atom is -0.443 e. The van der Waals surface area contributed by atoms with Crippen LogP contribution in [0.15, 0.2) is 50.2 Å². The third-order valence-corrected chi connectivity index (χ3v) is 6.73. The van der Waals surface area contributed by atoms with Crippen molar-refractivity contribution in [3.63, 3.8) is 0 Å². The molecular formula is C19H16Br2ClN5O3. The van der Waals surface area contributed by atoms with Gasteiger partial charge in [0.05, 0.1) is 10.2 Å². The van der Waals surface area contributed by atoms with E-state index in [1.165, 1.54) is 11.0 Å². The average molecular weight is 558 g/mol. The van der Waals surface area contributed by atoms with Crippen molar-refractivity contribution in [2.75, 3.05) is 19.6 Å². The predicted molar refractivity (Wildman–Crippen MR) is 117 cm³/mol. The van der Waals surface area contributed by atoms with Crippen LogP contribution in [0.4, 0.5) is 0 Å². The monoisotopic (exact) mass is 555 g/mol. The molecule has 0 unspecified atom stereocenters. The number of furan rings is 1. The number of hydrogen-bond acceptors (Lipinski definition) is 5. The molecule has 1 saturated heterocycles. The van der Waals surface area contributed by atoms with Crippen LogP contribution in [-0.2, 0) is 0 Å². The van der Waals surface area contributed by atoms with E-state index in [0.29, 0.717) is 39.5 Å². The molecule has 0 bridgehead atoms. The molecule has 1 aliphatic heterocycles. The molecule has 0 aliphatic carbocycles. The molecule has 0 spiro atoms. The molecule has 30 heavy (non-hydrogen) atoms. The molecule has 3 aromatic rings. The highest BCUT2D eigenvalue weighted by atomic mass is 79.9. The number of halogens is 3. The Labute approximate surface area is 194 Å². The molecule has 0 saturated carbocycles. The van der Waals surface area contributed by atoms with Crippen molar-refractivity contribution in [2.24, 2.45) is 0 Å². The van der Waals surface area contributed by atoms with Gasteiger partial charge in [-0.05, 0) is 57.0 Å². The number of piperazine rings is 1. The first-order valence-electron chi connectivity index (χ1n) is 9.06. The first-order valence-corrected chi connectivity index (χ1v) is 11.0. The smallest absolute Gasteiger partial charge is 0.293 e. The van der Waals surface area contributed by atoms with E-state index in [1.807, 2.05) is 13.0 Å². The fraction of sp³-hybridized carbons (Fsp3) is 0.263. The molecule has 0 radical (unpaired) electrons. The summed E-state index contributed by atoms with van der Waals surface area (Å²) in [7, 11) is 0. The molecule has 2 amide bonds. The quantitative estimate of drug-likeness (QED) is 0.486. The van der Waals surface area contributed by atoms with Crippen LogP contribution < -0.4 is 0 Å². The van der Waals surface area contributed by atoms with E-state index in [-0.39, 0.29) is 29.4 Å². The van der Waals surface area contributed by atoms with E-state index in [0.717, 1.165) is 0 Å². The number of hydrogen-bond donors (Lipinski definition) is 0. The molecular weight excluding hydrogens is 542 g/mol. The summed E-state index contributed by atoms with van der Waals surface area (Å²) in [5, 5.41) is 4.86. The third-order valence-electron chi connectivity index (χ3n) is 4.79. The molecule has 2 aromatic heterocycles. The molecule has 1 aromatic carbocycles. The van der Waals surface area contributed by atoms with Crippen LogP contribution in [0.5, 0.6) is 0 Å². The lowest BCUT2D eigenvalue weighted by atomic mass is 10.1. The zero-order valence-electron chi connectivity index (χ0n) is 15.8. The van der Waals surface area contributed by atoms with E-state index < -0.39 is 0 Å². The summed E-state index contributed by atoms with van der Waals surface area (Å²) < 4.78 is 8.09. The zero-order valence-corrected chi connectivity index (χ0v) is 19.7. The Morgan fingerprint density at radius 1 is 1.20 bits per heavy atom. The van der Waals surface area contributed by atoms with Gasteiger partial charge in [-0.25, -0.2) is 9.67 Å². The zero-order chi connectivity index (χ0) is 21.4. The normalized spacial score (nSPS) is 16.7. The van der Waals surface area contributed by atoms with E-state index in [9.17, 15) is 9.59 Å². The van der Waals surface area contributed by atoms with Gasteiger partial charge in [0.25, 0.3) is 11.8 Å². The number of rotatable bonds is 3. The van der Waals surface area contributed by atoms with Gasteiger partial charge in [-0.15, -0.1) is 5.10 Å². The third kappa shape index (κ3) is 4.17. The topological polar surface area (TPSA) is 84.5 Å². The summed E-state index contributed by atoms with van der Waals surface area (Å²) in [4.78, 5) is 33.1. The van der Waals surface area contributed by atoms with Crippen molar-refractivity contribution in [3.8, 4) is 5.69 Å². The van der Waals surface area contributed by atoms with Crippen molar-refractivity contribution in [1.82, 2.24) is 24.6 Å². The van der Waals surface area contributed by atoms with Gasteiger partial charge in [0.2, 0.25) is 5.82 Å². The lowest BCUT2D eigenvalue weighted by Gasteiger charge is -2.39. The summed E-state index contributed by atoms with van der Waals surface area (Å²) in [5.74, 6) is -0.161. The minimum absolute atomic E-state index is 0.0980. The Bertz CT molecular complexity index is 1100. The van der Waals surface area contributed by atoms with Crippen LogP contribution in [0.2, 0.25) is 5.02 Å². The Morgan fingerprint density at radius 2 is 2.00 bits per heavy atom. The molecule has 11 heteroatoms. The van der Waals surface area contributed by atoms with Crippen molar-refractivity contribution < 1.29 is 14.0 Å². The van der Waals surface area contributed by atoms with Crippen molar-refractivity contribution in [3.05, 3.63) is 62.4 Å². The molecule has 1 fully saturated rings. The second-order valence-corrected chi connectivity index (χ2v) is 8.83. The van der Waals surface area contributed by atoms with Gasteiger partial charge in [-0.3, -0.25) is 9.59 Å². The average Bonchev–Trinajstić information content (AvgIpc) is 3.34. The maximum Gasteiger partial charge on any atom is 0.293 e. The Hall–Kier alpha value is -2.17. The number of nitrogens with zero attached hydrogens (tertiary/aromatic N) is 5. The summed E-state index contributed by atoms with van der Waals surface area (Å²) in [5.41, 5.74) is 0.716. The van der Waals surface area contributed by atoms with E-state index >= 15 is 0 Å². The van der Waals surface area contributed by atoms with Gasteiger partial charge in [0, 0.05) is 36.8 Å². The number of benzene rings is 1. The first kappa shape index (κ1) is 21.1. The lowest BCUT2D eigenvalue weighted by Crippen LogP contribution is -2.55. The van der Waals surface area contributed by atoms with Crippen LogP contribution in [0.25, 0.3) is 5.69 Å². The SMILES string of the molecule is C[C@@H]1CN(C(=O)c2ncn(-c3cccc(Cl)c3)n2)CCN1C(=O)c1cc(Br)c(Br)o1.